The summed E-state index contributed by atoms with van der Waals surface area (Å²) in [5.41, 5.74) is 3.51. The van der Waals surface area contributed by atoms with E-state index in [4.69, 9.17) is 4.42 Å². The van der Waals surface area contributed by atoms with E-state index in [1.165, 1.54) is 10.9 Å². The second-order valence-corrected chi connectivity index (χ2v) is 6.17. The maximum atomic E-state index is 6.14. The number of rotatable bonds is 2. The Balaban J connectivity index is 2.84. The molecule has 0 aliphatic carbocycles. The van der Waals surface area contributed by atoms with Gasteiger partial charge in [-0.1, -0.05) is 65.5 Å². The highest BCUT2D eigenvalue weighted by Crippen LogP contribution is 2.37. The van der Waals surface area contributed by atoms with Crippen molar-refractivity contribution in [3.63, 3.8) is 0 Å². The number of hydrogen-bond acceptors (Lipinski definition) is 1. The van der Waals surface area contributed by atoms with E-state index in [1.54, 1.807) is 0 Å². The van der Waals surface area contributed by atoms with Gasteiger partial charge in [0, 0.05) is 22.4 Å². The maximum absolute atomic E-state index is 6.14. The summed E-state index contributed by atoms with van der Waals surface area (Å²) in [6.45, 7) is 14.9. The standard InChI is InChI=1S/C17H22O/c1-7-12-13-9-8-10-14(17(4,5)6)16(13)18-15(12)11(2)3/h7-11H,1H2,2-6H3. The van der Waals surface area contributed by atoms with Gasteiger partial charge in [0.25, 0.3) is 0 Å². The van der Waals surface area contributed by atoms with Gasteiger partial charge < -0.3 is 4.42 Å². The summed E-state index contributed by atoms with van der Waals surface area (Å²) in [5, 5.41) is 1.18. The number of hydrogen-bond donors (Lipinski definition) is 0. The van der Waals surface area contributed by atoms with Gasteiger partial charge in [0.05, 0.1) is 0 Å². The number of para-hydroxylation sites is 1. The molecule has 0 amide bonds. The van der Waals surface area contributed by atoms with Gasteiger partial charge in [-0.05, 0) is 5.41 Å². The minimum atomic E-state index is 0.0874. The number of furan rings is 1. The SMILES string of the molecule is C=Cc1c(C(C)C)oc2c(C(C)(C)C)cccc12. The summed E-state index contributed by atoms with van der Waals surface area (Å²) in [6.07, 6.45) is 1.91. The molecule has 2 aromatic rings. The van der Waals surface area contributed by atoms with Crippen molar-refractivity contribution in [2.75, 3.05) is 0 Å². The molecule has 1 heterocycles. The average molecular weight is 242 g/mol. The minimum absolute atomic E-state index is 0.0874. The van der Waals surface area contributed by atoms with Gasteiger partial charge in [-0.15, -0.1) is 0 Å². The van der Waals surface area contributed by atoms with Crippen LogP contribution in [0.5, 0.6) is 0 Å². The smallest absolute Gasteiger partial charge is 0.138 e. The highest BCUT2D eigenvalue weighted by atomic mass is 16.3. The highest BCUT2D eigenvalue weighted by molar-refractivity contribution is 5.91. The summed E-state index contributed by atoms with van der Waals surface area (Å²) in [6, 6.07) is 6.38. The summed E-state index contributed by atoms with van der Waals surface area (Å²) in [4.78, 5) is 0. The zero-order valence-electron chi connectivity index (χ0n) is 12.0. The third-order valence-electron chi connectivity index (χ3n) is 3.32. The van der Waals surface area contributed by atoms with E-state index in [-0.39, 0.29) is 5.41 Å². The van der Waals surface area contributed by atoms with Crippen molar-refractivity contribution in [2.24, 2.45) is 0 Å². The molecular formula is C17H22O. The third kappa shape index (κ3) is 1.98. The summed E-state index contributed by atoms with van der Waals surface area (Å²) >= 11 is 0. The van der Waals surface area contributed by atoms with E-state index in [0.717, 1.165) is 16.9 Å². The van der Waals surface area contributed by atoms with Crippen LogP contribution in [0, 0.1) is 0 Å². The van der Waals surface area contributed by atoms with Gasteiger partial charge in [0.15, 0.2) is 0 Å². The Morgan fingerprint density at radius 1 is 1.22 bits per heavy atom. The van der Waals surface area contributed by atoms with Crippen LogP contribution in [0.4, 0.5) is 0 Å². The molecule has 1 aromatic carbocycles. The van der Waals surface area contributed by atoms with Crippen LogP contribution in [0.1, 0.15) is 57.4 Å². The van der Waals surface area contributed by atoms with Crippen molar-refractivity contribution in [1.82, 2.24) is 0 Å². The lowest BCUT2D eigenvalue weighted by Crippen LogP contribution is -2.10. The molecule has 0 radical (unpaired) electrons. The van der Waals surface area contributed by atoms with Crippen LogP contribution in [-0.2, 0) is 5.41 Å². The molecular weight excluding hydrogens is 220 g/mol. The molecule has 96 valence electrons. The van der Waals surface area contributed by atoms with Gasteiger partial charge in [0.2, 0.25) is 0 Å². The molecule has 0 unspecified atom stereocenters. The second kappa shape index (κ2) is 4.31. The third-order valence-corrected chi connectivity index (χ3v) is 3.32. The van der Waals surface area contributed by atoms with E-state index >= 15 is 0 Å². The molecule has 0 atom stereocenters. The quantitative estimate of drug-likeness (QED) is 0.678. The summed E-state index contributed by atoms with van der Waals surface area (Å²) < 4.78 is 6.14. The first-order valence-corrected chi connectivity index (χ1v) is 6.54. The van der Waals surface area contributed by atoms with Gasteiger partial charge >= 0.3 is 0 Å². The molecule has 0 aliphatic rings. The lowest BCUT2D eigenvalue weighted by molar-refractivity contribution is 0.504. The van der Waals surface area contributed by atoms with E-state index < -0.39 is 0 Å². The molecule has 0 bridgehead atoms. The van der Waals surface area contributed by atoms with E-state index in [2.05, 4.69) is 59.4 Å². The molecule has 0 saturated carbocycles. The summed E-state index contributed by atoms with van der Waals surface area (Å²) in [5.74, 6) is 1.41. The molecule has 0 spiro atoms. The van der Waals surface area contributed by atoms with Crippen molar-refractivity contribution < 1.29 is 4.42 Å². The first-order chi connectivity index (χ1) is 8.36. The second-order valence-electron chi connectivity index (χ2n) is 6.17. The fourth-order valence-corrected chi connectivity index (χ4v) is 2.39. The van der Waals surface area contributed by atoms with E-state index in [1.807, 2.05) is 6.08 Å². The van der Waals surface area contributed by atoms with Crippen LogP contribution in [0.3, 0.4) is 0 Å². The van der Waals surface area contributed by atoms with Crippen LogP contribution in [0.25, 0.3) is 17.0 Å². The lowest BCUT2D eigenvalue weighted by atomic mass is 9.86. The fourth-order valence-electron chi connectivity index (χ4n) is 2.39. The molecule has 0 fully saturated rings. The summed E-state index contributed by atoms with van der Waals surface area (Å²) in [7, 11) is 0. The molecule has 0 saturated heterocycles. The van der Waals surface area contributed by atoms with Crippen LogP contribution < -0.4 is 0 Å². The predicted octanol–water partition coefficient (Wildman–Crippen LogP) is 5.50. The predicted molar refractivity (Wildman–Crippen MR) is 79.1 cm³/mol. The zero-order chi connectivity index (χ0) is 13.5. The average Bonchev–Trinajstić information content (AvgIpc) is 2.65. The zero-order valence-corrected chi connectivity index (χ0v) is 12.0. The monoisotopic (exact) mass is 242 g/mol. The molecule has 2 rings (SSSR count). The minimum Gasteiger partial charge on any atom is -0.460 e. The Morgan fingerprint density at radius 2 is 1.89 bits per heavy atom. The first kappa shape index (κ1) is 12.9. The Labute approximate surface area is 110 Å². The van der Waals surface area contributed by atoms with Gasteiger partial charge in [-0.25, -0.2) is 0 Å². The molecule has 18 heavy (non-hydrogen) atoms. The topological polar surface area (TPSA) is 13.1 Å². The Morgan fingerprint density at radius 3 is 2.39 bits per heavy atom. The normalized spacial score (nSPS) is 12.3. The van der Waals surface area contributed by atoms with E-state index in [0.29, 0.717) is 5.92 Å². The van der Waals surface area contributed by atoms with Crippen molar-refractivity contribution in [3.8, 4) is 0 Å². The number of benzene rings is 1. The van der Waals surface area contributed by atoms with E-state index in [9.17, 15) is 0 Å². The van der Waals surface area contributed by atoms with Crippen LogP contribution >= 0.6 is 0 Å². The molecule has 1 heteroatoms. The molecule has 1 aromatic heterocycles. The van der Waals surface area contributed by atoms with Crippen molar-refractivity contribution in [1.29, 1.82) is 0 Å². The highest BCUT2D eigenvalue weighted by Gasteiger charge is 2.22. The largest absolute Gasteiger partial charge is 0.460 e. The number of fused-ring (bicyclic) bond motifs is 1. The first-order valence-electron chi connectivity index (χ1n) is 6.54. The molecule has 1 nitrogen and oxygen atoms in total. The van der Waals surface area contributed by atoms with Crippen LogP contribution in [0.15, 0.2) is 29.2 Å². The van der Waals surface area contributed by atoms with Crippen molar-refractivity contribution in [2.45, 2.75) is 46.0 Å². The Kier molecular flexibility index (Phi) is 3.10. The lowest BCUT2D eigenvalue weighted by Gasteiger charge is -2.18. The molecule has 0 N–H and O–H groups in total. The van der Waals surface area contributed by atoms with Gasteiger partial charge in [-0.3, -0.25) is 0 Å². The maximum Gasteiger partial charge on any atom is 0.138 e. The Bertz CT molecular complexity index is 579. The van der Waals surface area contributed by atoms with Crippen molar-refractivity contribution in [3.05, 3.63) is 41.7 Å². The van der Waals surface area contributed by atoms with Crippen LogP contribution in [0.2, 0.25) is 0 Å². The van der Waals surface area contributed by atoms with Gasteiger partial charge in [-0.2, -0.15) is 0 Å². The Hall–Kier alpha value is -1.50. The van der Waals surface area contributed by atoms with Crippen molar-refractivity contribution >= 4 is 17.0 Å². The van der Waals surface area contributed by atoms with Gasteiger partial charge in [0.1, 0.15) is 11.3 Å². The van der Waals surface area contributed by atoms with Crippen LogP contribution in [-0.4, -0.2) is 0 Å². The molecule has 0 aliphatic heterocycles. The fraction of sp³-hybridized carbons (Fsp3) is 0.412.